The molecule has 4 heteroatoms. The molecule has 0 saturated carbocycles. The number of nitrogens with zero attached hydrogens (tertiary/aromatic N) is 1. The molecule has 1 heterocycles. The van der Waals surface area contributed by atoms with Gasteiger partial charge in [-0.15, -0.1) is 0 Å². The van der Waals surface area contributed by atoms with Gasteiger partial charge in [-0.1, -0.05) is 6.92 Å². The molecule has 2 aromatic rings. The van der Waals surface area contributed by atoms with Gasteiger partial charge in [0.1, 0.15) is 5.82 Å². The lowest BCUT2D eigenvalue weighted by Gasteiger charge is -2.08. The molecule has 1 aromatic heterocycles. The smallest absolute Gasteiger partial charge is 0.257 e. The Morgan fingerprint density at radius 3 is 2.65 bits per heavy atom. The monoisotopic (exact) mass is 274 g/mol. The summed E-state index contributed by atoms with van der Waals surface area (Å²) in [5.41, 5.74) is 3.78. The number of aryl methyl sites for hydroxylation is 3. The van der Waals surface area contributed by atoms with Crippen molar-refractivity contribution < 1.29 is 9.18 Å². The lowest BCUT2D eigenvalue weighted by Crippen LogP contribution is -2.14. The second kappa shape index (κ2) is 5.49. The molecule has 0 unspecified atom stereocenters. The fourth-order valence-corrected chi connectivity index (χ4v) is 2.30. The van der Waals surface area contributed by atoms with Crippen LogP contribution in [0.5, 0.6) is 0 Å². The average molecular weight is 274 g/mol. The zero-order valence-electron chi connectivity index (χ0n) is 12.2. The summed E-state index contributed by atoms with van der Waals surface area (Å²) in [5.74, 6) is -0.418. The van der Waals surface area contributed by atoms with Gasteiger partial charge in [0, 0.05) is 24.6 Å². The molecular weight excluding hydrogens is 255 g/mol. The van der Waals surface area contributed by atoms with Crippen LogP contribution in [0.1, 0.15) is 34.1 Å². The van der Waals surface area contributed by atoms with Crippen molar-refractivity contribution in [2.75, 3.05) is 5.32 Å². The highest BCUT2D eigenvalue weighted by Gasteiger charge is 2.17. The second-order valence-electron chi connectivity index (χ2n) is 5.00. The Morgan fingerprint density at radius 2 is 2.05 bits per heavy atom. The number of carbonyl (C=O) groups is 1. The van der Waals surface area contributed by atoms with Crippen LogP contribution in [0, 0.1) is 19.7 Å². The molecule has 0 radical (unpaired) electrons. The molecule has 0 spiro atoms. The first-order chi connectivity index (χ1) is 9.43. The molecule has 106 valence electrons. The largest absolute Gasteiger partial charge is 0.354 e. The fraction of sp³-hybridized carbons (Fsp3) is 0.312. The normalized spacial score (nSPS) is 10.7. The van der Waals surface area contributed by atoms with Gasteiger partial charge in [0.25, 0.3) is 5.91 Å². The van der Waals surface area contributed by atoms with Crippen LogP contribution >= 0.6 is 0 Å². The van der Waals surface area contributed by atoms with Crippen molar-refractivity contribution in [1.29, 1.82) is 0 Å². The van der Waals surface area contributed by atoms with Crippen LogP contribution in [-0.2, 0) is 13.5 Å². The van der Waals surface area contributed by atoms with E-state index in [2.05, 4.69) is 5.32 Å². The third kappa shape index (κ3) is 2.59. The van der Waals surface area contributed by atoms with E-state index in [1.165, 1.54) is 6.07 Å². The molecule has 2 rings (SSSR count). The van der Waals surface area contributed by atoms with E-state index in [-0.39, 0.29) is 11.7 Å². The number of anilines is 1. The highest BCUT2D eigenvalue weighted by molar-refractivity contribution is 6.06. The van der Waals surface area contributed by atoms with Crippen molar-refractivity contribution in [1.82, 2.24) is 4.57 Å². The van der Waals surface area contributed by atoms with E-state index in [1.54, 1.807) is 19.1 Å². The Hall–Kier alpha value is -2.10. The van der Waals surface area contributed by atoms with Crippen LogP contribution in [0.15, 0.2) is 24.4 Å². The zero-order valence-corrected chi connectivity index (χ0v) is 12.2. The van der Waals surface area contributed by atoms with E-state index in [0.717, 1.165) is 17.7 Å². The van der Waals surface area contributed by atoms with Crippen LogP contribution in [0.2, 0.25) is 0 Å². The first kappa shape index (κ1) is 14.3. The first-order valence-corrected chi connectivity index (χ1v) is 6.66. The maximum Gasteiger partial charge on any atom is 0.257 e. The minimum Gasteiger partial charge on any atom is -0.354 e. The first-order valence-electron chi connectivity index (χ1n) is 6.66. The summed E-state index contributed by atoms with van der Waals surface area (Å²) >= 11 is 0. The summed E-state index contributed by atoms with van der Waals surface area (Å²) in [6, 6.07) is 4.57. The Balaban J connectivity index is 2.30. The van der Waals surface area contributed by atoms with Crippen LogP contribution in [0.25, 0.3) is 0 Å². The van der Waals surface area contributed by atoms with Crippen molar-refractivity contribution in [2.45, 2.75) is 27.2 Å². The third-order valence-electron chi connectivity index (χ3n) is 3.59. The fourth-order valence-electron chi connectivity index (χ4n) is 2.30. The van der Waals surface area contributed by atoms with Gasteiger partial charge < -0.3 is 9.88 Å². The van der Waals surface area contributed by atoms with Crippen LogP contribution in [-0.4, -0.2) is 10.5 Å². The minimum absolute atomic E-state index is 0.147. The maximum atomic E-state index is 13.2. The number of carbonyl (C=O) groups excluding carboxylic acids is 1. The summed E-state index contributed by atoms with van der Waals surface area (Å²) in [4.78, 5) is 12.4. The second-order valence-corrected chi connectivity index (χ2v) is 5.00. The molecule has 20 heavy (non-hydrogen) atoms. The van der Waals surface area contributed by atoms with Crippen molar-refractivity contribution in [2.24, 2.45) is 7.05 Å². The van der Waals surface area contributed by atoms with Gasteiger partial charge in [0.2, 0.25) is 0 Å². The van der Waals surface area contributed by atoms with Gasteiger partial charge in [0.15, 0.2) is 0 Å². The van der Waals surface area contributed by atoms with E-state index < -0.39 is 0 Å². The third-order valence-corrected chi connectivity index (χ3v) is 3.59. The van der Waals surface area contributed by atoms with E-state index in [4.69, 9.17) is 0 Å². The maximum absolute atomic E-state index is 13.2. The van der Waals surface area contributed by atoms with Gasteiger partial charge in [0.05, 0.1) is 5.56 Å². The molecule has 0 fully saturated rings. The van der Waals surface area contributed by atoms with Crippen molar-refractivity contribution >= 4 is 11.6 Å². The molecule has 0 aliphatic rings. The Morgan fingerprint density at radius 1 is 1.35 bits per heavy atom. The molecule has 0 saturated heterocycles. The number of amides is 1. The summed E-state index contributed by atoms with van der Waals surface area (Å²) < 4.78 is 15.2. The molecular formula is C16H19FN2O. The van der Waals surface area contributed by atoms with E-state index in [1.807, 2.05) is 31.7 Å². The van der Waals surface area contributed by atoms with E-state index in [0.29, 0.717) is 16.8 Å². The molecule has 0 aliphatic heterocycles. The van der Waals surface area contributed by atoms with E-state index in [9.17, 15) is 9.18 Å². The van der Waals surface area contributed by atoms with E-state index >= 15 is 0 Å². The SMILES string of the molecule is CCc1cn(C)c(C)c1C(=O)Nc1ccc(F)c(C)c1. The average Bonchev–Trinajstić information content (AvgIpc) is 2.69. The standard InChI is InChI=1S/C16H19FN2O/c1-5-12-9-19(4)11(3)15(12)16(20)18-13-6-7-14(17)10(2)8-13/h6-9H,5H2,1-4H3,(H,18,20). The number of hydrogen-bond donors (Lipinski definition) is 1. The molecule has 1 N–H and O–H groups in total. The predicted octanol–water partition coefficient (Wildman–Crippen LogP) is 3.60. The Kier molecular flexibility index (Phi) is 3.93. The van der Waals surface area contributed by atoms with Crippen molar-refractivity contribution in [3.8, 4) is 0 Å². The Bertz CT molecular complexity index is 659. The Labute approximate surface area is 118 Å². The van der Waals surface area contributed by atoms with Crippen LogP contribution in [0.4, 0.5) is 10.1 Å². The summed E-state index contributed by atoms with van der Waals surface area (Å²) in [5, 5.41) is 2.84. The van der Waals surface area contributed by atoms with Gasteiger partial charge in [-0.3, -0.25) is 4.79 Å². The number of hydrogen-bond acceptors (Lipinski definition) is 1. The molecule has 0 atom stereocenters. The topological polar surface area (TPSA) is 34.0 Å². The van der Waals surface area contributed by atoms with Gasteiger partial charge >= 0.3 is 0 Å². The number of halogens is 1. The molecule has 0 bridgehead atoms. The zero-order chi connectivity index (χ0) is 14.9. The van der Waals surface area contributed by atoms with Gasteiger partial charge in [-0.2, -0.15) is 0 Å². The number of nitrogens with one attached hydrogen (secondary N) is 1. The highest BCUT2D eigenvalue weighted by Crippen LogP contribution is 2.20. The summed E-state index contributed by atoms with van der Waals surface area (Å²) in [7, 11) is 1.92. The van der Waals surface area contributed by atoms with Gasteiger partial charge in [-0.05, 0) is 49.6 Å². The van der Waals surface area contributed by atoms with Crippen LogP contribution < -0.4 is 5.32 Å². The minimum atomic E-state index is -0.270. The van der Waals surface area contributed by atoms with Crippen molar-refractivity contribution in [3.05, 3.63) is 52.6 Å². The summed E-state index contributed by atoms with van der Waals surface area (Å²) in [6.07, 6.45) is 2.77. The highest BCUT2D eigenvalue weighted by atomic mass is 19.1. The lowest BCUT2D eigenvalue weighted by atomic mass is 10.1. The molecule has 1 aromatic carbocycles. The van der Waals surface area contributed by atoms with Crippen LogP contribution in [0.3, 0.4) is 0 Å². The lowest BCUT2D eigenvalue weighted by molar-refractivity contribution is 0.102. The summed E-state index contributed by atoms with van der Waals surface area (Å²) in [6.45, 7) is 5.62. The number of rotatable bonds is 3. The molecule has 3 nitrogen and oxygen atoms in total. The molecule has 0 aliphatic carbocycles. The quantitative estimate of drug-likeness (QED) is 0.911. The number of benzene rings is 1. The van der Waals surface area contributed by atoms with Crippen molar-refractivity contribution in [3.63, 3.8) is 0 Å². The number of aromatic nitrogens is 1. The predicted molar refractivity (Wildman–Crippen MR) is 78.6 cm³/mol. The van der Waals surface area contributed by atoms with Gasteiger partial charge in [-0.25, -0.2) is 4.39 Å². The molecule has 1 amide bonds.